The fourth-order valence-corrected chi connectivity index (χ4v) is 5.39. The van der Waals surface area contributed by atoms with Gasteiger partial charge in [0.1, 0.15) is 23.9 Å². The van der Waals surface area contributed by atoms with E-state index in [-0.39, 0.29) is 36.0 Å². The molecule has 3 heterocycles. The molecule has 7 heteroatoms. The second-order valence-corrected chi connectivity index (χ2v) is 8.58. The Bertz CT molecular complexity index is 1490. The average molecular weight is 460 g/mol. The maximum atomic E-state index is 14.4. The van der Waals surface area contributed by atoms with E-state index in [0.717, 1.165) is 5.56 Å². The lowest BCUT2D eigenvalue weighted by Crippen LogP contribution is -2.50. The van der Waals surface area contributed by atoms with Gasteiger partial charge < -0.3 is 15.4 Å². The fraction of sp³-hybridized carbons (Fsp3) is 0.107. The number of carbonyl (C=O) groups excluding carboxylic acids is 2. The molecule has 0 saturated heterocycles. The van der Waals surface area contributed by atoms with Crippen molar-refractivity contribution in [3.63, 3.8) is 0 Å². The predicted molar refractivity (Wildman–Crippen MR) is 129 cm³/mol. The zero-order chi connectivity index (χ0) is 24.2. The summed E-state index contributed by atoms with van der Waals surface area (Å²) >= 11 is 0. The molecule has 35 heavy (non-hydrogen) atoms. The summed E-state index contributed by atoms with van der Waals surface area (Å²) in [5, 5.41) is 10.4. The highest BCUT2D eigenvalue weighted by molar-refractivity contribution is 6.19. The second-order valence-electron chi connectivity index (χ2n) is 8.58. The van der Waals surface area contributed by atoms with Gasteiger partial charge in [0.15, 0.2) is 0 Å². The monoisotopic (exact) mass is 460 g/mol. The van der Waals surface area contributed by atoms with Crippen LogP contribution in [0.5, 0.6) is 0 Å². The number of nitriles is 1. The smallest absolute Gasteiger partial charge is 0.338 e. The number of nitrogens with zero attached hydrogens (tertiary/aromatic N) is 3. The Morgan fingerprint density at radius 2 is 1.60 bits per heavy atom. The first-order chi connectivity index (χ1) is 17.1. The van der Waals surface area contributed by atoms with Gasteiger partial charge in [0.25, 0.3) is 0 Å². The number of benzene rings is 3. The van der Waals surface area contributed by atoms with E-state index in [0.29, 0.717) is 22.6 Å². The molecule has 3 aromatic rings. The van der Waals surface area contributed by atoms with Crippen LogP contribution in [0.15, 0.2) is 108 Å². The summed E-state index contributed by atoms with van der Waals surface area (Å²) in [6.45, 7) is 0.245. The van der Waals surface area contributed by atoms with Crippen LogP contribution < -0.4 is 15.5 Å². The Morgan fingerprint density at radius 1 is 0.943 bits per heavy atom. The molecule has 3 aliphatic rings. The largest absolute Gasteiger partial charge is 0.456 e. The molecule has 3 aromatic carbocycles. The SMILES string of the molecule is N#CC1=C(N)N(c2ccccc2)C2=C(C(=O)OC2)C12C(=O)N(Cc1ccccc1)c1ccccc12. The minimum atomic E-state index is -1.67. The van der Waals surface area contributed by atoms with Gasteiger partial charge in [-0.05, 0) is 23.8 Å². The topological polar surface area (TPSA) is 99.7 Å². The van der Waals surface area contributed by atoms with E-state index in [1.807, 2.05) is 72.8 Å². The van der Waals surface area contributed by atoms with Crippen molar-refractivity contribution in [2.24, 2.45) is 5.73 Å². The van der Waals surface area contributed by atoms with Crippen molar-refractivity contribution >= 4 is 23.3 Å². The number of nitrogens with two attached hydrogens (primary N) is 1. The van der Waals surface area contributed by atoms with E-state index >= 15 is 0 Å². The molecule has 1 unspecified atom stereocenters. The number of cyclic esters (lactones) is 1. The summed E-state index contributed by atoms with van der Waals surface area (Å²) in [5.74, 6) is -0.896. The molecule has 0 bridgehead atoms. The van der Waals surface area contributed by atoms with Gasteiger partial charge in [0.05, 0.1) is 23.4 Å². The number of rotatable bonds is 3. The first-order valence-corrected chi connectivity index (χ1v) is 11.2. The summed E-state index contributed by atoms with van der Waals surface area (Å²) in [7, 11) is 0. The van der Waals surface area contributed by atoms with Crippen molar-refractivity contribution in [1.29, 1.82) is 5.26 Å². The van der Waals surface area contributed by atoms with E-state index in [4.69, 9.17) is 10.5 Å². The number of ether oxygens (including phenoxy) is 1. The predicted octanol–water partition coefficient (Wildman–Crippen LogP) is 3.50. The third kappa shape index (κ3) is 2.71. The van der Waals surface area contributed by atoms with Crippen molar-refractivity contribution in [3.8, 4) is 6.07 Å². The first-order valence-electron chi connectivity index (χ1n) is 11.2. The Kier molecular flexibility index (Phi) is 4.51. The lowest BCUT2D eigenvalue weighted by molar-refractivity contribution is -0.137. The van der Waals surface area contributed by atoms with Gasteiger partial charge in [-0.1, -0.05) is 66.7 Å². The van der Waals surface area contributed by atoms with E-state index in [1.54, 1.807) is 21.9 Å². The fourth-order valence-electron chi connectivity index (χ4n) is 5.39. The minimum absolute atomic E-state index is 0.0203. The molecule has 3 aliphatic heterocycles. The standard InChI is InChI=1S/C28H20N4O3/c29-15-21-25(30)32(19-11-5-2-6-12-19)23-17-35-26(33)24(23)28(21)20-13-7-8-14-22(20)31(27(28)34)16-18-9-3-1-4-10-18/h1-14H,16-17,30H2. The number of amides is 1. The summed E-state index contributed by atoms with van der Waals surface area (Å²) in [5.41, 5.74) is 8.43. The molecule has 0 radical (unpaired) electrons. The van der Waals surface area contributed by atoms with Crippen LogP contribution in [0, 0.1) is 11.3 Å². The number of esters is 1. The number of para-hydroxylation sites is 2. The second kappa shape index (κ2) is 7.61. The van der Waals surface area contributed by atoms with Crippen LogP contribution in [-0.4, -0.2) is 18.5 Å². The molecule has 2 N–H and O–H groups in total. The van der Waals surface area contributed by atoms with Crippen LogP contribution in [0.1, 0.15) is 11.1 Å². The van der Waals surface area contributed by atoms with E-state index in [1.165, 1.54) is 0 Å². The molecule has 0 aliphatic carbocycles. The van der Waals surface area contributed by atoms with Gasteiger partial charge >= 0.3 is 5.97 Å². The van der Waals surface area contributed by atoms with Crippen molar-refractivity contribution in [2.45, 2.75) is 12.0 Å². The number of fused-ring (bicyclic) bond motifs is 3. The molecule has 1 spiro atoms. The highest BCUT2D eigenvalue weighted by Crippen LogP contribution is 2.56. The number of carbonyl (C=O) groups is 2. The number of anilines is 2. The van der Waals surface area contributed by atoms with E-state index in [9.17, 15) is 14.9 Å². The third-order valence-electron chi connectivity index (χ3n) is 6.82. The van der Waals surface area contributed by atoms with Crippen molar-refractivity contribution in [1.82, 2.24) is 0 Å². The molecule has 0 aromatic heterocycles. The van der Waals surface area contributed by atoms with Crippen molar-refractivity contribution in [2.75, 3.05) is 16.4 Å². The third-order valence-corrected chi connectivity index (χ3v) is 6.82. The summed E-state index contributed by atoms with van der Waals surface area (Å²) in [6.07, 6.45) is 0. The zero-order valence-corrected chi connectivity index (χ0v) is 18.6. The Hall–Kier alpha value is -4.83. The summed E-state index contributed by atoms with van der Waals surface area (Å²) < 4.78 is 5.48. The Labute approximate surface area is 201 Å². The lowest BCUT2D eigenvalue weighted by atomic mass is 9.67. The first kappa shape index (κ1) is 20.8. The Balaban J connectivity index is 1.63. The minimum Gasteiger partial charge on any atom is -0.456 e. The van der Waals surface area contributed by atoms with Gasteiger partial charge in [-0.2, -0.15) is 5.26 Å². The maximum absolute atomic E-state index is 14.4. The molecule has 0 saturated carbocycles. The van der Waals surface area contributed by atoms with Crippen LogP contribution in [0.3, 0.4) is 0 Å². The van der Waals surface area contributed by atoms with Gasteiger partial charge in [0, 0.05) is 16.9 Å². The van der Waals surface area contributed by atoms with Gasteiger partial charge in [-0.15, -0.1) is 0 Å². The van der Waals surface area contributed by atoms with E-state index < -0.39 is 11.4 Å². The molecule has 0 fully saturated rings. The van der Waals surface area contributed by atoms with Crippen LogP contribution >= 0.6 is 0 Å². The van der Waals surface area contributed by atoms with Crippen LogP contribution in [-0.2, 0) is 26.3 Å². The molecule has 1 atom stereocenters. The number of hydrogen-bond donors (Lipinski definition) is 1. The molecule has 7 nitrogen and oxygen atoms in total. The van der Waals surface area contributed by atoms with Gasteiger partial charge in [-0.25, -0.2) is 4.79 Å². The van der Waals surface area contributed by atoms with Gasteiger partial charge in [-0.3, -0.25) is 9.69 Å². The average Bonchev–Trinajstić information content (AvgIpc) is 3.38. The highest BCUT2D eigenvalue weighted by atomic mass is 16.5. The highest BCUT2D eigenvalue weighted by Gasteiger charge is 2.63. The molecular weight excluding hydrogens is 440 g/mol. The van der Waals surface area contributed by atoms with E-state index in [2.05, 4.69) is 6.07 Å². The van der Waals surface area contributed by atoms with Crippen LogP contribution in [0.4, 0.5) is 11.4 Å². The zero-order valence-electron chi connectivity index (χ0n) is 18.6. The van der Waals surface area contributed by atoms with Crippen molar-refractivity contribution < 1.29 is 14.3 Å². The van der Waals surface area contributed by atoms with Gasteiger partial charge in [0.2, 0.25) is 5.91 Å². The maximum Gasteiger partial charge on any atom is 0.338 e. The summed E-state index contributed by atoms with van der Waals surface area (Å²) in [6, 6.07) is 28.3. The molecular formula is C28H20N4O3. The normalized spacial score (nSPS) is 20.8. The quantitative estimate of drug-likeness (QED) is 0.601. The number of hydrogen-bond acceptors (Lipinski definition) is 6. The summed E-state index contributed by atoms with van der Waals surface area (Å²) in [4.78, 5) is 31.0. The van der Waals surface area contributed by atoms with Crippen molar-refractivity contribution in [3.05, 3.63) is 119 Å². The Morgan fingerprint density at radius 3 is 2.31 bits per heavy atom. The molecule has 6 rings (SSSR count). The molecule has 1 amide bonds. The lowest BCUT2D eigenvalue weighted by Gasteiger charge is -2.38. The molecule has 170 valence electrons. The van der Waals surface area contributed by atoms with Crippen LogP contribution in [0.2, 0.25) is 0 Å². The van der Waals surface area contributed by atoms with Crippen LogP contribution in [0.25, 0.3) is 0 Å².